The minimum absolute atomic E-state index is 0.0798. The van der Waals surface area contributed by atoms with E-state index in [9.17, 15) is 4.79 Å². The zero-order chi connectivity index (χ0) is 26.7. The maximum absolute atomic E-state index is 12.5. The molecule has 1 atom stereocenters. The van der Waals surface area contributed by atoms with E-state index in [0.717, 1.165) is 24.9 Å². The van der Waals surface area contributed by atoms with Gasteiger partial charge in [0.1, 0.15) is 17.6 Å². The number of urea groups is 1. The minimum Gasteiger partial charge on any atom is -0.493 e. The van der Waals surface area contributed by atoms with Crippen LogP contribution < -0.4 is 30.2 Å². The van der Waals surface area contributed by atoms with Gasteiger partial charge in [0, 0.05) is 47.4 Å². The Kier molecular flexibility index (Phi) is 7.01. The molecule has 0 spiro atoms. The van der Waals surface area contributed by atoms with E-state index in [1.807, 2.05) is 32.9 Å². The van der Waals surface area contributed by atoms with Crippen LogP contribution in [-0.4, -0.2) is 47.5 Å². The summed E-state index contributed by atoms with van der Waals surface area (Å²) >= 11 is 0. The van der Waals surface area contributed by atoms with Crippen LogP contribution in [0.25, 0.3) is 10.9 Å². The average molecular weight is 519 g/mol. The van der Waals surface area contributed by atoms with Gasteiger partial charge >= 0.3 is 12.0 Å². The Balaban J connectivity index is 1.27. The number of methoxy groups -OCH3 is 1. The first-order valence-electron chi connectivity index (χ1n) is 12.3. The summed E-state index contributed by atoms with van der Waals surface area (Å²) in [5.41, 5.74) is 0.965. The molecule has 11 nitrogen and oxygen atoms in total. The highest BCUT2D eigenvalue weighted by Crippen LogP contribution is 2.34. The molecule has 4 aromatic rings. The fourth-order valence-corrected chi connectivity index (χ4v) is 3.94. The largest absolute Gasteiger partial charge is 0.493 e. The number of benzene rings is 2. The lowest BCUT2D eigenvalue weighted by molar-refractivity contribution is 0.213. The second kappa shape index (κ2) is 10.5. The first-order chi connectivity index (χ1) is 18.3. The van der Waals surface area contributed by atoms with Gasteiger partial charge in [0.2, 0.25) is 0 Å². The Bertz CT molecular complexity index is 1440. The summed E-state index contributed by atoms with van der Waals surface area (Å²) in [5.74, 6) is 2.71. The van der Waals surface area contributed by atoms with Crippen molar-refractivity contribution in [2.75, 3.05) is 30.8 Å². The number of nitrogens with one attached hydrogen (secondary N) is 3. The van der Waals surface area contributed by atoms with Crippen LogP contribution in [-0.2, 0) is 5.41 Å². The molecule has 1 saturated heterocycles. The van der Waals surface area contributed by atoms with E-state index < -0.39 is 6.03 Å². The molecule has 0 saturated carbocycles. The lowest BCUT2D eigenvalue weighted by atomic mass is 9.93. The molecule has 0 bridgehead atoms. The van der Waals surface area contributed by atoms with Gasteiger partial charge in [-0.15, -0.1) is 0 Å². The molecule has 0 radical (unpaired) electrons. The van der Waals surface area contributed by atoms with E-state index in [1.165, 1.54) is 0 Å². The number of rotatable bonds is 7. The number of ether oxygens (including phenoxy) is 3. The van der Waals surface area contributed by atoms with Crippen LogP contribution in [0.15, 0.2) is 53.2 Å². The summed E-state index contributed by atoms with van der Waals surface area (Å²) in [6.45, 7) is 7.71. The zero-order valence-corrected chi connectivity index (χ0v) is 21.7. The van der Waals surface area contributed by atoms with Crippen molar-refractivity contribution in [3.05, 3.63) is 54.4 Å². The van der Waals surface area contributed by atoms with E-state index in [-0.39, 0.29) is 17.5 Å². The van der Waals surface area contributed by atoms with E-state index in [0.29, 0.717) is 40.0 Å². The molecule has 1 fully saturated rings. The highest BCUT2D eigenvalue weighted by molar-refractivity contribution is 5.99. The van der Waals surface area contributed by atoms with Crippen molar-refractivity contribution in [1.82, 2.24) is 20.4 Å². The van der Waals surface area contributed by atoms with Crippen molar-refractivity contribution < 1.29 is 23.5 Å². The first kappa shape index (κ1) is 25.3. The number of hydrogen-bond donors (Lipinski definition) is 3. The number of aromatic nitrogens is 3. The molecule has 1 aliphatic heterocycles. The number of carbonyl (C=O) groups is 1. The molecule has 5 rings (SSSR count). The van der Waals surface area contributed by atoms with E-state index in [2.05, 4.69) is 31.1 Å². The van der Waals surface area contributed by atoms with Crippen molar-refractivity contribution in [3.8, 4) is 23.3 Å². The maximum Gasteiger partial charge on any atom is 0.324 e. The van der Waals surface area contributed by atoms with Crippen LogP contribution in [0.5, 0.6) is 23.3 Å². The molecular formula is C27H30N6O5. The quantitative estimate of drug-likeness (QED) is 0.305. The number of anilines is 2. The lowest BCUT2D eigenvalue weighted by Gasteiger charge is -2.16. The van der Waals surface area contributed by atoms with E-state index >= 15 is 0 Å². The Morgan fingerprint density at radius 2 is 2.00 bits per heavy atom. The van der Waals surface area contributed by atoms with Crippen molar-refractivity contribution in [2.24, 2.45) is 0 Å². The summed E-state index contributed by atoms with van der Waals surface area (Å²) < 4.78 is 22.8. The predicted octanol–water partition coefficient (Wildman–Crippen LogP) is 5.10. The molecule has 2 aromatic heterocycles. The fourth-order valence-electron chi connectivity index (χ4n) is 3.94. The third-order valence-electron chi connectivity index (χ3n) is 5.94. The second-order valence-electron chi connectivity index (χ2n) is 9.98. The summed E-state index contributed by atoms with van der Waals surface area (Å²) in [7, 11) is 1.61. The Morgan fingerprint density at radius 3 is 2.74 bits per heavy atom. The molecule has 198 valence electrons. The van der Waals surface area contributed by atoms with Gasteiger partial charge in [0.05, 0.1) is 12.6 Å². The van der Waals surface area contributed by atoms with Crippen molar-refractivity contribution in [1.29, 1.82) is 0 Å². The molecule has 11 heteroatoms. The lowest BCUT2D eigenvalue weighted by Crippen LogP contribution is -2.19. The van der Waals surface area contributed by atoms with Gasteiger partial charge in [-0.25, -0.2) is 9.78 Å². The van der Waals surface area contributed by atoms with E-state index in [4.69, 9.17) is 18.7 Å². The summed E-state index contributed by atoms with van der Waals surface area (Å²) in [4.78, 5) is 21.3. The van der Waals surface area contributed by atoms with Gasteiger partial charge < -0.3 is 29.4 Å². The van der Waals surface area contributed by atoms with Gasteiger partial charge in [0.25, 0.3) is 0 Å². The summed E-state index contributed by atoms with van der Waals surface area (Å²) in [6, 6.07) is 12.0. The Labute approximate surface area is 219 Å². The van der Waals surface area contributed by atoms with Crippen LogP contribution >= 0.6 is 0 Å². The third kappa shape index (κ3) is 5.94. The summed E-state index contributed by atoms with van der Waals surface area (Å²) in [6.07, 6.45) is 2.68. The zero-order valence-electron chi connectivity index (χ0n) is 21.7. The van der Waals surface area contributed by atoms with E-state index in [1.54, 1.807) is 43.6 Å². The Hall–Kier alpha value is -4.38. The molecule has 3 N–H and O–H groups in total. The second-order valence-corrected chi connectivity index (χ2v) is 9.98. The fraction of sp³-hybridized carbons (Fsp3) is 0.333. The van der Waals surface area contributed by atoms with Gasteiger partial charge in [-0.2, -0.15) is 4.98 Å². The van der Waals surface area contributed by atoms with Gasteiger partial charge in [-0.3, -0.25) is 5.32 Å². The normalized spacial score (nSPS) is 15.3. The van der Waals surface area contributed by atoms with Crippen molar-refractivity contribution >= 4 is 28.4 Å². The van der Waals surface area contributed by atoms with Crippen molar-refractivity contribution in [2.45, 2.75) is 38.7 Å². The molecule has 1 aliphatic rings. The number of nitrogens with zero attached hydrogens (tertiary/aromatic N) is 3. The smallest absolute Gasteiger partial charge is 0.324 e. The van der Waals surface area contributed by atoms with Crippen LogP contribution in [0, 0.1) is 0 Å². The molecule has 38 heavy (non-hydrogen) atoms. The number of fused-ring (bicyclic) bond motifs is 1. The predicted molar refractivity (Wildman–Crippen MR) is 142 cm³/mol. The van der Waals surface area contributed by atoms with Crippen LogP contribution in [0.3, 0.4) is 0 Å². The topological polar surface area (TPSA) is 133 Å². The molecule has 2 aromatic carbocycles. The summed E-state index contributed by atoms with van der Waals surface area (Å²) in [5, 5.41) is 13.4. The molecule has 3 heterocycles. The van der Waals surface area contributed by atoms with Gasteiger partial charge in [0.15, 0.2) is 17.3 Å². The molecule has 2 amide bonds. The minimum atomic E-state index is -0.461. The van der Waals surface area contributed by atoms with Crippen LogP contribution in [0.1, 0.15) is 33.0 Å². The van der Waals surface area contributed by atoms with Gasteiger partial charge in [-0.1, -0.05) is 32.0 Å². The third-order valence-corrected chi connectivity index (χ3v) is 5.94. The molecule has 0 unspecified atom stereocenters. The first-order valence-corrected chi connectivity index (χ1v) is 12.3. The number of amides is 2. The van der Waals surface area contributed by atoms with Crippen molar-refractivity contribution in [3.63, 3.8) is 0 Å². The molecule has 0 aliphatic carbocycles. The monoisotopic (exact) mass is 518 g/mol. The highest BCUT2D eigenvalue weighted by Gasteiger charge is 2.21. The maximum atomic E-state index is 12.5. The SMILES string of the molecule is COc1cc2cnc(Oc3cccc(NC(=O)Nc4cc(C(C)(C)C)on4)c3)nc2cc1O[C@@H]1CCNC1. The average Bonchev–Trinajstić information content (AvgIpc) is 3.56. The highest BCUT2D eigenvalue weighted by atomic mass is 16.5. The molecular weight excluding hydrogens is 488 g/mol. The standard InChI is InChI=1S/C27H30N6O5/c1-27(2,3)23-13-24(33-38-23)32-25(34)30-17-6-5-7-18(11-17)37-26-29-14-16-10-21(35-4)22(12-20(16)31-26)36-19-8-9-28-15-19/h5-7,10-14,19,28H,8-9,15H2,1-4H3,(H2,30,32,33,34)/t19-/m1/s1. The van der Waals surface area contributed by atoms with Crippen LogP contribution in [0.4, 0.5) is 16.3 Å². The van der Waals surface area contributed by atoms with Crippen LogP contribution in [0.2, 0.25) is 0 Å². The number of hydrogen-bond acceptors (Lipinski definition) is 9. The Morgan fingerprint density at radius 1 is 1.13 bits per heavy atom. The van der Waals surface area contributed by atoms with Gasteiger partial charge in [-0.05, 0) is 31.2 Å². The number of carbonyl (C=O) groups excluding carboxylic acids is 1.